The second kappa shape index (κ2) is 7.51. The van der Waals surface area contributed by atoms with E-state index in [1.165, 1.54) is 11.3 Å². The van der Waals surface area contributed by atoms with Gasteiger partial charge in [0.25, 0.3) is 0 Å². The van der Waals surface area contributed by atoms with Gasteiger partial charge in [-0.1, -0.05) is 13.0 Å². The lowest BCUT2D eigenvalue weighted by Gasteiger charge is -2.30. The molecule has 4 nitrogen and oxygen atoms in total. The van der Waals surface area contributed by atoms with Crippen molar-refractivity contribution >= 4 is 17.2 Å². The molecule has 0 saturated carbocycles. The summed E-state index contributed by atoms with van der Waals surface area (Å²) in [7, 11) is 1.64. The van der Waals surface area contributed by atoms with Gasteiger partial charge in [0.15, 0.2) is 0 Å². The molecule has 1 aromatic rings. The van der Waals surface area contributed by atoms with Crippen molar-refractivity contribution in [2.75, 3.05) is 20.3 Å². The minimum absolute atomic E-state index is 0.0242. The molecule has 2 atom stereocenters. The third-order valence-corrected chi connectivity index (χ3v) is 4.01. The number of carbonyl (C=O) groups is 1. The molecule has 1 heterocycles. The molecule has 18 heavy (non-hydrogen) atoms. The fourth-order valence-electron chi connectivity index (χ4n) is 1.73. The van der Waals surface area contributed by atoms with E-state index in [1.807, 2.05) is 29.3 Å². The molecular weight excluding hydrogens is 248 g/mol. The molecule has 0 saturated heterocycles. The van der Waals surface area contributed by atoms with E-state index in [-0.39, 0.29) is 11.9 Å². The average molecular weight is 270 g/mol. The Labute approximate surface area is 113 Å². The second-order valence-corrected chi connectivity index (χ2v) is 5.25. The zero-order valence-electron chi connectivity index (χ0n) is 11.3. The summed E-state index contributed by atoms with van der Waals surface area (Å²) in [5.74, 6) is -0.0242. The van der Waals surface area contributed by atoms with Gasteiger partial charge in [0.05, 0.1) is 6.61 Å². The number of hydrogen-bond acceptors (Lipinski definition) is 4. The maximum absolute atomic E-state index is 12.4. The van der Waals surface area contributed by atoms with E-state index in [2.05, 4.69) is 6.92 Å². The van der Waals surface area contributed by atoms with Crippen LogP contribution in [0.2, 0.25) is 0 Å². The molecule has 1 amide bonds. The maximum Gasteiger partial charge on any atom is 0.245 e. The monoisotopic (exact) mass is 270 g/mol. The first kappa shape index (κ1) is 15.1. The fourth-order valence-corrected chi connectivity index (χ4v) is 2.45. The topological polar surface area (TPSA) is 55.6 Å². The molecule has 2 unspecified atom stereocenters. The second-order valence-electron chi connectivity index (χ2n) is 4.27. The molecule has 0 spiro atoms. The molecule has 102 valence electrons. The lowest BCUT2D eigenvalue weighted by atomic mass is 10.1. The van der Waals surface area contributed by atoms with E-state index in [1.54, 1.807) is 7.11 Å². The van der Waals surface area contributed by atoms with Crippen molar-refractivity contribution in [3.63, 3.8) is 0 Å². The SMILES string of the molecule is CCC(C)N(CCOC)C(=O)C(N)c1cccs1. The Balaban J connectivity index is 2.74. The van der Waals surface area contributed by atoms with Crippen LogP contribution in [0.5, 0.6) is 0 Å². The summed E-state index contributed by atoms with van der Waals surface area (Å²) < 4.78 is 5.06. The smallest absolute Gasteiger partial charge is 0.245 e. The lowest BCUT2D eigenvalue weighted by Crippen LogP contribution is -2.45. The normalized spacial score (nSPS) is 14.2. The van der Waals surface area contributed by atoms with Gasteiger partial charge in [0, 0.05) is 24.6 Å². The van der Waals surface area contributed by atoms with E-state index in [4.69, 9.17) is 10.5 Å². The van der Waals surface area contributed by atoms with Crippen LogP contribution < -0.4 is 5.73 Å². The van der Waals surface area contributed by atoms with Gasteiger partial charge in [0.2, 0.25) is 5.91 Å². The summed E-state index contributed by atoms with van der Waals surface area (Å²) in [5, 5.41) is 1.94. The van der Waals surface area contributed by atoms with Crippen molar-refractivity contribution in [2.24, 2.45) is 5.73 Å². The minimum atomic E-state index is -0.559. The number of ether oxygens (including phenoxy) is 1. The van der Waals surface area contributed by atoms with Crippen LogP contribution in [0.15, 0.2) is 17.5 Å². The van der Waals surface area contributed by atoms with Gasteiger partial charge in [-0.3, -0.25) is 4.79 Å². The minimum Gasteiger partial charge on any atom is -0.383 e. The third-order valence-electron chi connectivity index (χ3n) is 3.06. The molecule has 0 aliphatic heterocycles. The maximum atomic E-state index is 12.4. The van der Waals surface area contributed by atoms with E-state index in [0.29, 0.717) is 13.2 Å². The van der Waals surface area contributed by atoms with Crippen molar-refractivity contribution in [1.29, 1.82) is 0 Å². The van der Waals surface area contributed by atoms with Crippen LogP contribution in [0.4, 0.5) is 0 Å². The molecule has 0 aliphatic carbocycles. The largest absolute Gasteiger partial charge is 0.383 e. The highest BCUT2D eigenvalue weighted by Gasteiger charge is 2.25. The first-order valence-corrected chi connectivity index (χ1v) is 7.08. The Bertz CT molecular complexity index is 354. The number of nitrogens with two attached hydrogens (primary N) is 1. The van der Waals surface area contributed by atoms with Crippen LogP contribution in [-0.2, 0) is 9.53 Å². The van der Waals surface area contributed by atoms with Gasteiger partial charge >= 0.3 is 0 Å². The zero-order valence-corrected chi connectivity index (χ0v) is 12.1. The molecule has 0 aromatic carbocycles. The van der Waals surface area contributed by atoms with Crippen molar-refractivity contribution < 1.29 is 9.53 Å². The number of nitrogens with zero attached hydrogens (tertiary/aromatic N) is 1. The van der Waals surface area contributed by atoms with Crippen LogP contribution in [0.25, 0.3) is 0 Å². The lowest BCUT2D eigenvalue weighted by molar-refractivity contribution is -0.135. The third kappa shape index (κ3) is 3.80. The number of amides is 1. The van der Waals surface area contributed by atoms with E-state index in [0.717, 1.165) is 11.3 Å². The Morgan fingerprint density at radius 1 is 1.61 bits per heavy atom. The van der Waals surface area contributed by atoms with Crippen LogP contribution in [0.3, 0.4) is 0 Å². The molecule has 0 fully saturated rings. The molecule has 1 aromatic heterocycles. The highest BCUT2D eigenvalue weighted by Crippen LogP contribution is 2.20. The highest BCUT2D eigenvalue weighted by molar-refractivity contribution is 7.10. The summed E-state index contributed by atoms with van der Waals surface area (Å²) >= 11 is 1.52. The van der Waals surface area contributed by atoms with Gasteiger partial charge in [-0.05, 0) is 24.8 Å². The first-order chi connectivity index (χ1) is 8.61. The Morgan fingerprint density at radius 3 is 2.83 bits per heavy atom. The molecule has 5 heteroatoms. The quantitative estimate of drug-likeness (QED) is 0.824. The number of hydrogen-bond donors (Lipinski definition) is 1. The highest BCUT2D eigenvalue weighted by atomic mass is 32.1. The van der Waals surface area contributed by atoms with Gasteiger partial charge in [-0.2, -0.15) is 0 Å². The standard InChI is InChI=1S/C13H22N2O2S/c1-4-10(2)15(7-8-17-3)13(16)12(14)11-6-5-9-18-11/h5-6,9-10,12H,4,7-8,14H2,1-3H3. The number of rotatable bonds is 7. The van der Waals surface area contributed by atoms with Gasteiger partial charge in [-0.15, -0.1) is 11.3 Å². The molecule has 0 radical (unpaired) electrons. The van der Waals surface area contributed by atoms with Gasteiger partial charge in [-0.25, -0.2) is 0 Å². The summed E-state index contributed by atoms with van der Waals surface area (Å²) in [6.45, 7) is 5.22. The van der Waals surface area contributed by atoms with Crippen LogP contribution in [0.1, 0.15) is 31.2 Å². The van der Waals surface area contributed by atoms with Crippen LogP contribution in [0, 0.1) is 0 Å². The summed E-state index contributed by atoms with van der Waals surface area (Å²) in [5.41, 5.74) is 6.03. The molecule has 2 N–H and O–H groups in total. The molecular formula is C13H22N2O2S. The first-order valence-electron chi connectivity index (χ1n) is 6.20. The van der Waals surface area contributed by atoms with E-state index < -0.39 is 6.04 Å². The predicted octanol–water partition coefficient (Wildman–Crippen LogP) is 2.02. The zero-order chi connectivity index (χ0) is 13.5. The number of carbonyl (C=O) groups excluding carboxylic acids is 1. The number of thiophene rings is 1. The van der Waals surface area contributed by atoms with Crippen molar-refractivity contribution in [1.82, 2.24) is 4.90 Å². The summed E-state index contributed by atoms with van der Waals surface area (Å²) in [6.07, 6.45) is 0.909. The van der Waals surface area contributed by atoms with Crippen molar-refractivity contribution in [3.05, 3.63) is 22.4 Å². The summed E-state index contributed by atoms with van der Waals surface area (Å²) in [4.78, 5) is 15.1. The van der Waals surface area contributed by atoms with E-state index >= 15 is 0 Å². The van der Waals surface area contributed by atoms with Crippen molar-refractivity contribution in [2.45, 2.75) is 32.4 Å². The number of methoxy groups -OCH3 is 1. The molecule has 1 rings (SSSR count). The molecule has 0 aliphatic rings. The van der Waals surface area contributed by atoms with Crippen LogP contribution >= 0.6 is 11.3 Å². The van der Waals surface area contributed by atoms with E-state index in [9.17, 15) is 4.79 Å². The van der Waals surface area contributed by atoms with Crippen molar-refractivity contribution in [3.8, 4) is 0 Å². The van der Waals surface area contributed by atoms with Gasteiger partial charge < -0.3 is 15.4 Å². The Morgan fingerprint density at radius 2 is 2.33 bits per heavy atom. The van der Waals surface area contributed by atoms with Gasteiger partial charge in [0.1, 0.15) is 6.04 Å². The van der Waals surface area contributed by atoms with Crippen LogP contribution in [-0.4, -0.2) is 37.1 Å². The summed E-state index contributed by atoms with van der Waals surface area (Å²) in [6, 6.07) is 3.43. The average Bonchev–Trinajstić information content (AvgIpc) is 2.91. The Kier molecular flexibility index (Phi) is 6.32. The fraction of sp³-hybridized carbons (Fsp3) is 0.615. The molecule has 0 bridgehead atoms. The Hall–Kier alpha value is -0.910. The predicted molar refractivity (Wildman–Crippen MR) is 74.6 cm³/mol.